The highest BCUT2D eigenvalue weighted by Crippen LogP contribution is 2.70. The van der Waals surface area contributed by atoms with E-state index in [1.807, 2.05) is 6.07 Å². The predicted molar refractivity (Wildman–Crippen MR) is 124 cm³/mol. The maximum atomic E-state index is 14.5. The molecule has 34 heavy (non-hydrogen) atoms. The van der Waals surface area contributed by atoms with Crippen LogP contribution in [0.2, 0.25) is 0 Å². The van der Waals surface area contributed by atoms with E-state index in [1.165, 1.54) is 14.2 Å². The molecule has 1 heterocycles. The molecule has 1 aliphatic carbocycles. The van der Waals surface area contributed by atoms with Crippen LogP contribution in [-0.4, -0.2) is 36.5 Å². The predicted octanol–water partition coefficient (Wildman–Crippen LogP) is 4.02. The summed E-state index contributed by atoms with van der Waals surface area (Å²) in [5, 5.41) is 24.2. The van der Waals surface area contributed by atoms with E-state index < -0.39 is 40.9 Å². The second kappa shape index (κ2) is 8.08. The highest BCUT2D eigenvalue weighted by Gasteiger charge is 2.78. The lowest BCUT2D eigenvalue weighted by Crippen LogP contribution is -2.52. The van der Waals surface area contributed by atoms with Crippen molar-refractivity contribution in [2.75, 3.05) is 14.2 Å². The first-order chi connectivity index (χ1) is 16.3. The first-order valence-electron chi connectivity index (χ1n) is 10.7. The molecule has 5 atom stereocenters. The summed E-state index contributed by atoms with van der Waals surface area (Å²) in [6.45, 7) is 0. The number of benzene rings is 3. The van der Waals surface area contributed by atoms with Crippen molar-refractivity contribution in [3.63, 3.8) is 0 Å². The molecule has 0 unspecified atom stereocenters. The molecule has 3 aromatic rings. The standard InChI is InChI=1S/C26H22BrFO6/c1-32-18-12-17(28)13-19-22(18)25(31)23(29)20(24(30)33-2)21(14-6-4-3-5-7-14)26(25,34-19)15-8-10-16(27)11-9-15/h3-13,20-21,23,29,31H,1-2H3/t20-,21-,23+,25-,26-/m0/s1. The van der Waals surface area contributed by atoms with Gasteiger partial charge in [-0.05, 0) is 23.3 Å². The van der Waals surface area contributed by atoms with Crippen LogP contribution in [0.15, 0.2) is 71.2 Å². The summed E-state index contributed by atoms with van der Waals surface area (Å²) in [6, 6.07) is 18.3. The van der Waals surface area contributed by atoms with E-state index in [1.54, 1.807) is 48.5 Å². The third-order valence-corrected chi connectivity index (χ3v) is 7.47. The summed E-state index contributed by atoms with van der Waals surface area (Å²) >= 11 is 3.42. The van der Waals surface area contributed by atoms with Crippen LogP contribution in [0.3, 0.4) is 0 Å². The minimum absolute atomic E-state index is 0.00728. The highest BCUT2D eigenvalue weighted by atomic mass is 79.9. The average molecular weight is 529 g/mol. The number of methoxy groups -OCH3 is 2. The Morgan fingerprint density at radius 3 is 2.38 bits per heavy atom. The lowest BCUT2D eigenvalue weighted by Gasteiger charge is -2.40. The molecular weight excluding hydrogens is 507 g/mol. The third-order valence-electron chi connectivity index (χ3n) is 6.94. The van der Waals surface area contributed by atoms with Gasteiger partial charge in [0.15, 0.2) is 11.2 Å². The van der Waals surface area contributed by atoms with Crippen LogP contribution in [0.5, 0.6) is 11.5 Å². The Labute approximate surface area is 204 Å². The van der Waals surface area contributed by atoms with Crippen LogP contribution in [0.25, 0.3) is 0 Å². The zero-order valence-corrected chi connectivity index (χ0v) is 20.0. The van der Waals surface area contributed by atoms with Crippen LogP contribution >= 0.6 is 15.9 Å². The average Bonchev–Trinajstić information content (AvgIpc) is 3.21. The number of hydrogen-bond acceptors (Lipinski definition) is 6. The van der Waals surface area contributed by atoms with E-state index in [4.69, 9.17) is 14.2 Å². The van der Waals surface area contributed by atoms with Gasteiger partial charge in [0.05, 0.1) is 25.7 Å². The SMILES string of the molecule is COC(=O)[C@@H]1[C@@H](O)[C@@]2(O)c3c(OC)cc(F)cc3O[C@@]2(c2ccc(Br)cc2)[C@H]1c1ccccc1. The van der Waals surface area contributed by atoms with Crippen molar-refractivity contribution in [3.05, 3.63) is 93.7 Å². The Bertz CT molecular complexity index is 1250. The van der Waals surface area contributed by atoms with Gasteiger partial charge >= 0.3 is 5.97 Å². The smallest absolute Gasteiger partial charge is 0.312 e. The number of rotatable bonds is 4. The van der Waals surface area contributed by atoms with Gasteiger partial charge in [0.2, 0.25) is 0 Å². The number of aliphatic hydroxyl groups excluding tert-OH is 1. The number of halogens is 2. The van der Waals surface area contributed by atoms with E-state index >= 15 is 0 Å². The molecule has 0 aromatic heterocycles. The topological polar surface area (TPSA) is 85.2 Å². The molecule has 2 aliphatic rings. The fourth-order valence-corrected chi connectivity index (χ4v) is 5.90. The molecule has 0 amide bonds. The minimum atomic E-state index is -2.17. The van der Waals surface area contributed by atoms with Gasteiger partial charge < -0.3 is 24.4 Å². The molecule has 0 saturated heterocycles. The lowest BCUT2D eigenvalue weighted by atomic mass is 9.70. The normalized spacial score (nSPS) is 29.2. The van der Waals surface area contributed by atoms with Crippen LogP contribution < -0.4 is 9.47 Å². The monoisotopic (exact) mass is 528 g/mol. The fraction of sp³-hybridized carbons (Fsp3) is 0.269. The van der Waals surface area contributed by atoms with Crippen molar-refractivity contribution >= 4 is 21.9 Å². The summed E-state index contributed by atoms with van der Waals surface area (Å²) in [6.07, 6.45) is -1.66. The minimum Gasteiger partial charge on any atom is -0.496 e. The van der Waals surface area contributed by atoms with Crippen LogP contribution in [-0.2, 0) is 20.7 Å². The van der Waals surface area contributed by atoms with Gasteiger partial charge in [0.1, 0.15) is 23.4 Å². The lowest BCUT2D eigenvalue weighted by molar-refractivity contribution is -0.161. The molecule has 5 rings (SSSR count). The molecule has 0 radical (unpaired) electrons. The number of hydrogen-bond donors (Lipinski definition) is 2. The van der Waals surface area contributed by atoms with Crippen molar-refractivity contribution in [2.24, 2.45) is 5.92 Å². The summed E-state index contributed by atoms with van der Waals surface area (Å²) in [5.41, 5.74) is -2.65. The number of carbonyl (C=O) groups excluding carboxylic acids is 1. The van der Waals surface area contributed by atoms with Gasteiger partial charge in [-0.15, -0.1) is 0 Å². The molecule has 1 fully saturated rings. The van der Waals surface area contributed by atoms with E-state index in [9.17, 15) is 19.4 Å². The van der Waals surface area contributed by atoms with Crippen molar-refractivity contribution in [1.82, 2.24) is 0 Å². The maximum absolute atomic E-state index is 14.5. The first kappa shape index (κ1) is 22.8. The molecule has 6 nitrogen and oxygen atoms in total. The number of ether oxygens (including phenoxy) is 3. The number of aliphatic hydroxyl groups is 2. The van der Waals surface area contributed by atoms with E-state index in [-0.39, 0.29) is 17.1 Å². The Morgan fingerprint density at radius 2 is 1.76 bits per heavy atom. The second-order valence-corrected chi connectivity index (χ2v) is 9.39. The van der Waals surface area contributed by atoms with Crippen LogP contribution in [0.1, 0.15) is 22.6 Å². The zero-order chi connectivity index (χ0) is 24.3. The molecule has 176 valence electrons. The first-order valence-corrected chi connectivity index (χ1v) is 11.4. The van der Waals surface area contributed by atoms with E-state index in [0.717, 1.165) is 16.6 Å². The molecule has 8 heteroatoms. The number of esters is 1. The molecule has 2 N–H and O–H groups in total. The largest absolute Gasteiger partial charge is 0.496 e. The maximum Gasteiger partial charge on any atom is 0.312 e. The third kappa shape index (κ3) is 2.88. The van der Waals surface area contributed by atoms with Crippen molar-refractivity contribution in [3.8, 4) is 11.5 Å². The van der Waals surface area contributed by atoms with Gasteiger partial charge in [-0.25, -0.2) is 4.39 Å². The molecule has 0 bridgehead atoms. The van der Waals surface area contributed by atoms with Gasteiger partial charge in [-0.2, -0.15) is 0 Å². The van der Waals surface area contributed by atoms with Gasteiger partial charge in [0, 0.05) is 22.5 Å². The van der Waals surface area contributed by atoms with Crippen molar-refractivity contribution in [2.45, 2.75) is 23.2 Å². The summed E-state index contributed by atoms with van der Waals surface area (Å²) in [4.78, 5) is 13.1. The second-order valence-electron chi connectivity index (χ2n) is 8.47. The van der Waals surface area contributed by atoms with Crippen LogP contribution in [0, 0.1) is 11.7 Å². The van der Waals surface area contributed by atoms with Crippen molar-refractivity contribution in [1.29, 1.82) is 0 Å². The van der Waals surface area contributed by atoms with E-state index in [2.05, 4.69) is 15.9 Å². The summed E-state index contributed by atoms with van der Waals surface area (Å²) < 4.78 is 32.2. The van der Waals surface area contributed by atoms with E-state index in [0.29, 0.717) is 11.1 Å². The Morgan fingerprint density at radius 1 is 1.09 bits per heavy atom. The molecular formula is C26H22BrFO6. The number of fused-ring (bicyclic) bond motifs is 3. The van der Waals surface area contributed by atoms with Crippen molar-refractivity contribution < 1.29 is 33.6 Å². The highest BCUT2D eigenvalue weighted by molar-refractivity contribution is 9.10. The number of carbonyl (C=O) groups is 1. The summed E-state index contributed by atoms with van der Waals surface area (Å²) in [7, 11) is 2.57. The molecule has 3 aromatic carbocycles. The van der Waals surface area contributed by atoms with Crippen LogP contribution in [0.4, 0.5) is 4.39 Å². The molecule has 0 spiro atoms. The fourth-order valence-electron chi connectivity index (χ4n) is 5.63. The Hall–Kier alpha value is -2.94. The molecule has 1 aliphatic heterocycles. The van der Waals surface area contributed by atoms with Gasteiger partial charge in [0.25, 0.3) is 0 Å². The van der Waals surface area contributed by atoms with Gasteiger partial charge in [-0.3, -0.25) is 4.79 Å². The van der Waals surface area contributed by atoms with Gasteiger partial charge in [-0.1, -0.05) is 58.4 Å². The Kier molecular flexibility index (Phi) is 5.42. The molecule has 1 saturated carbocycles. The Balaban J connectivity index is 1.90. The zero-order valence-electron chi connectivity index (χ0n) is 18.4. The summed E-state index contributed by atoms with van der Waals surface area (Å²) in [5.74, 6) is -3.36. The quantitative estimate of drug-likeness (QED) is 0.497.